The van der Waals surface area contributed by atoms with Crippen LogP contribution in [0.25, 0.3) is 0 Å². The Morgan fingerprint density at radius 2 is 1.35 bits per heavy atom. The fourth-order valence-corrected chi connectivity index (χ4v) is 6.70. The largest absolute Gasteiger partial charge is 0.508 e. The predicted molar refractivity (Wildman–Crippen MR) is 193 cm³/mol. The number of benzene rings is 4. The monoisotopic (exact) mass is 691 g/mol. The number of hydrogen-bond acceptors (Lipinski definition) is 7. The topological polar surface area (TPSA) is 188 Å². The van der Waals surface area contributed by atoms with Gasteiger partial charge in [-0.05, 0) is 77.8 Å². The number of aliphatic hydroxyl groups excluding tert-OH is 1. The molecule has 0 saturated carbocycles. The van der Waals surface area contributed by atoms with Gasteiger partial charge >= 0.3 is 0 Å². The van der Waals surface area contributed by atoms with Gasteiger partial charge in [-0.1, -0.05) is 84.9 Å². The predicted octanol–water partition coefficient (Wildman–Crippen LogP) is 2.13. The first kappa shape index (κ1) is 36.8. The van der Waals surface area contributed by atoms with Gasteiger partial charge in [0.25, 0.3) is 5.91 Å². The Labute approximate surface area is 297 Å². The molecule has 1 aliphatic heterocycles. The lowest BCUT2D eigenvalue weighted by Gasteiger charge is -2.38. The average molecular weight is 692 g/mol. The van der Waals surface area contributed by atoms with Crippen LogP contribution in [0.2, 0.25) is 0 Å². The first-order valence-electron chi connectivity index (χ1n) is 17.0. The van der Waals surface area contributed by atoms with Gasteiger partial charge in [-0.15, -0.1) is 0 Å². The lowest BCUT2D eigenvalue weighted by molar-refractivity contribution is -0.144. The minimum atomic E-state index is -1.77. The fraction of sp³-hybridized carbons (Fsp3) is 0.300. The molecule has 0 bridgehead atoms. The summed E-state index contributed by atoms with van der Waals surface area (Å²) in [4.78, 5) is 55.6. The minimum Gasteiger partial charge on any atom is -0.508 e. The van der Waals surface area contributed by atoms with Crippen molar-refractivity contribution in [2.45, 2.75) is 76.3 Å². The van der Waals surface area contributed by atoms with Gasteiger partial charge in [0.05, 0.1) is 12.1 Å². The second-order valence-electron chi connectivity index (χ2n) is 13.2. The van der Waals surface area contributed by atoms with E-state index in [2.05, 4.69) is 10.6 Å². The summed E-state index contributed by atoms with van der Waals surface area (Å²) in [5.74, 6) is -2.52. The molecule has 0 fully saturated rings. The van der Waals surface area contributed by atoms with Gasteiger partial charge in [0.1, 0.15) is 17.8 Å². The fourth-order valence-electron chi connectivity index (χ4n) is 6.70. The summed E-state index contributed by atoms with van der Waals surface area (Å²) < 4.78 is 0. The lowest BCUT2D eigenvalue weighted by Crippen LogP contribution is -2.61. The van der Waals surface area contributed by atoms with E-state index in [1.807, 2.05) is 62.4 Å². The summed E-state index contributed by atoms with van der Waals surface area (Å²) in [6.07, 6.45) is -1.18. The van der Waals surface area contributed by atoms with Crippen molar-refractivity contribution < 1.29 is 29.4 Å². The molecule has 0 unspecified atom stereocenters. The van der Waals surface area contributed by atoms with Crippen molar-refractivity contribution in [1.82, 2.24) is 15.5 Å². The molecular weight excluding hydrogens is 646 g/mol. The number of aryl methyl sites for hydroxylation is 2. The number of primary amides is 1. The molecule has 5 atom stereocenters. The molecule has 0 spiro atoms. The molecule has 4 amide bonds. The quantitative estimate of drug-likeness (QED) is 0.124. The number of hydrogen-bond donors (Lipinski definition) is 6. The summed E-state index contributed by atoms with van der Waals surface area (Å²) >= 11 is 0. The molecule has 51 heavy (non-hydrogen) atoms. The Kier molecular flexibility index (Phi) is 11.9. The molecule has 0 saturated heterocycles. The maximum Gasteiger partial charge on any atom is 0.251 e. The molecule has 4 aromatic carbocycles. The number of carbonyl (C=O) groups is 4. The first-order chi connectivity index (χ1) is 24.4. The van der Waals surface area contributed by atoms with Gasteiger partial charge in [-0.3, -0.25) is 19.2 Å². The second-order valence-corrected chi connectivity index (χ2v) is 13.2. The van der Waals surface area contributed by atoms with Gasteiger partial charge in [0.15, 0.2) is 6.10 Å². The van der Waals surface area contributed by atoms with Crippen LogP contribution in [0.4, 0.5) is 0 Å². The molecule has 0 radical (unpaired) electrons. The van der Waals surface area contributed by atoms with Crippen molar-refractivity contribution in [3.05, 3.63) is 136 Å². The van der Waals surface area contributed by atoms with Gasteiger partial charge in [-0.25, -0.2) is 0 Å². The van der Waals surface area contributed by atoms with E-state index in [9.17, 15) is 29.4 Å². The van der Waals surface area contributed by atoms with Gasteiger partial charge in [-0.2, -0.15) is 0 Å². The van der Waals surface area contributed by atoms with Crippen LogP contribution >= 0.6 is 0 Å². The molecule has 0 aliphatic carbocycles. The highest BCUT2D eigenvalue weighted by Crippen LogP contribution is 2.27. The Morgan fingerprint density at radius 1 is 0.804 bits per heavy atom. The number of phenolic OH excluding ortho intramolecular Hbond substituents is 1. The molecule has 5 rings (SSSR count). The van der Waals surface area contributed by atoms with Crippen LogP contribution in [0.1, 0.15) is 38.9 Å². The summed E-state index contributed by atoms with van der Waals surface area (Å²) in [5, 5.41) is 26.9. The molecule has 0 aromatic heterocycles. The van der Waals surface area contributed by atoms with E-state index in [1.54, 1.807) is 48.5 Å². The number of nitrogens with zero attached hydrogens (tertiary/aromatic N) is 1. The van der Waals surface area contributed by atoms with Crippen molar-refractivity contribution in [1.29, 1.82) is 0 Å². The third-order valence-corrected chi connectivity index (χ3v) is 9.47. The van der Waals surface area contributed by atoms with Gasteiger partial charge in [0, 0.05) is 19.4 Å². The molecule has 1 heterocycles. The highest BCUT2D eigenvalue weighted by Gasteiger charge is 2.39. The van der Waals surface area contributed by atoms with Crippen LogP contribution < -0.4 is 22.1 Å². The van der Waals surface area contributed by atoms with Crippen LogP contribution in [0.15, 0.2) is 97.1 Å². The van der Waals surface area contributed by atoms with E-state index in [-0.39, 0.29) is 38.0 Å². The SMILES string of the molecule is Cc1cc(O)cc(C)c1C[C@H](N)C(=O)N1Cc2ccccc2C[C@H]1C(=O)N[C@@H](Cc1ccccc1)[C@@H](O)C(=O)N[C@@H](Cc1ccccc1)C(N)=O. The van der Waals surface area contributed by atoms with E-state index < -0.39 is 53.9 Å². The van der Waals surface area contributed by atoms with Crippen molar-refractivity contribution in [2.75, 3.05) is 0 Å². The Morgan fingerprint density at radius 3 is 1.94 bits per heavy atom. The van der Waals surface area contributed by atoms with Crippen molar-refractivity contribution in [3.63, 3.8) is 0 Å². The summed E-state index contributed by atoms with van der Waals surface area (Å²) in [6, 6.07) is 24.6. The Hall–Kier alpha value is -5.52. The third kappa shape index (κ3) is 9.19. The van der Waals surface area contributed by atoms with Gasteiger partial charge < -0.3 is 37.2 Å². The van der Waals surface area contributed by atoms with Crippen LogP contribution in [0, 0.1) is 13.8 Å². The van der Waals surface area contributed by atoms with Crippen LogP contribution in [0.5, 0.6) is 5.75 Å². The average Bonchev–Trinajstić information content (AvgIpc) is 3.12. The molecule has 266 valence electrons. The van der Waals surface area contributed by atoms with Crippen molar-refractivity contribution in [3.8, 4) is 5.75 Å². The van der Waals surface area contributed by atoms with E-state index in [1.165, 1.54) is 4.90 Å². The van der Waals surface area contributed by atoms with Crippen LogP contribution in [-0.4, -0.2) is 69.0 Å². The Balaban J connectivity index is 1.39. The number of phenols is 1. The van der Waals surface area contributed by atoms with E-state index in [0.717, 1.165) is 38.9 Å². The number of nitrogens with one attached hydrogen (secondary N) is 2. The Bertz CT molecular complexity index is 1840. The molecule has 1 aliphatic rings. The van der Waals surface area contributed by atoms with Crippen molar-refractivity contribution in [2.24, 2.45) is 11.5 Å². The highest BCUT2D eigenvalue weighted by atomic mass is 16.3. The minimum absolute atomic E-state index is 0.0806. The highest BCUT2D eigenvalue weighted by molar-refractivity contribution is 5.92. The van der Waals surface area contributed by atoms with E-state index >= 15 is 0 Å². The second kappa shape index (κ2) is 16.5. The zero-order chi connectivity index (χ0) is 36.7. The first-order valence-corrected chi connectivity index (χ1v) is 17.0. The standard InChI is InChI=1S/C40H45N5O6/c1-24-17-30(46)18-25(2)31(24)22-32(41)40(51)45-23-29-16-10-9-15-28(29)21-35(45)38(49)43-33(19-26-11-5-3-6-12-26)36(47)39(50)44-34(37(42)48)20-27-13-7-4-8-14-27/h3-18,32-36,46-47H,19-23,41H2,1-2H3,(H2,42,48)(H,43,49)(H,44,50)/t32-,33-,34-,35-,36+/m0/s1. The zero-order valence-electron chi connectivity index (χ0n) is 28.8. The van der Waals surface area contributed by atoms with Gasteiger partial charge in [0.2, 0.25) is 17.7 Å². The smallest absolute Gasteiger partial charge is 0.251 e. The molecular formula is C40H45N5O6. The van der Waals surface area contributed by atoms with E-state index in [0.29, 0.717) is 0 Å². The number of amides is 4. The van der Waals surface area contributed by atoms with Crippen LogP contribution in [0.3, 0.4) is 0 Å². The van der Waals surface area contributed by atoms with E-state index in [4.69, 9.17) is 11.5 Å². The maximum atomic E-state index is 14.3. The number of aromatic hydroxyl groups is 1. The summed E-state index contributed by atoms with van der Waals surface area (Å²) in [7, 11) is 0. The number of fused-ring (bicyclic) bond motifs is 1. The molecule has 11 nitrogen and oxygen atoms in total. The molecule has 8 N–H and O–H groups in total. The molecule has 11 heteroatoms. The lowest BCUT2D eigenvalue weighted by atomic mass is 9.91. The number of aliphatic hydroxyl groups is 1. The summed E-state index contributed by atoms with van der Waals surface area (Å²) in [5.41, 5.74) is 17.9. The zero-order valence-corrected chi connectivity index (χ0v) is 28.8. The number of nitrogens with two attached hydrogens (primary N) is 2. The number of carbonyl (C=O) groups excluding carboxylic acids is 4. The molecule has 4 aromatic rings. The normalized spacial score (nSPS) is 16.2. The van der Waals surface area contributed by atoms with Crippen molar-refractivity contribution >= 4 is 23.6 Å². The number of rotatable bonds is 13. The maximum absolute atomic E-state index is 14.3. The van der Waals surface area contributed by atoms with Crippen LogP contribution in [-0.2, 0) is 51.4 Å². The third-order valence-electron chi connectivity index (χ3n) is 9.47. The summed E-state index contributed by atoms with van der Waals surface area (Å²) in [6.45, 7) is 3.82.